The number of anilines is 2. The van der Waals surface area contributed by atoms with Gasteiger partial charge in [-0.15, -0.1) is 0 Å². The lowest BCUT2D eigenvalue weighted by Crippen LogP contribution is -2.28. The highest BCUT2D eigenvalue weighted by atomic mass is 16.5. The van der Waals surface area contributed by atoms with Crippen molar-refractivity contribution in [3.8, 4) is 11.5 Å². The van der Waals surface area contributed by atoms with Crippen molar-refractivity contribution >= 4 is 23.2 Å². The molecular weight excluding hydrogens is 424 g/mol. The molecular formula is C29H32N2O3. The number of rotatable bonds is 6. The van der Waals surface area contributed by atoms with Gasteiger partial charge in [-0.2, -0.15) is 0 Å². The van der Waals surface area contributed by atoms with Crippen molar-refractivity contribution in [1.82, 2.24) is 0 Å². The van der Waals surface area contributed by atoms with Crippen LogP contribution >= 0.6 is 0 Å². The molecule has 4 rings (SSSR count). The van der Waals surface area contributed by atoms with Gasteiger partial charge in [0.15, 0.2) is 0 Å². The Hall–Kier alpha value is -3.60. The monoisotopic (exact) mass is 456 g/mol. The van der Waals surface area contributed by atoms with E-state index >= 15 is 0 Å². The summed E-state index contributed by atoms with van der Waals surface area (Å²) in [6, 6.07) is 19.7. The van der Waals surface area contributed by atoms with Gasteiger partial charge in [0.25, 0.3) is 0 Å². The van der Waals surface area contributed by atoms with Gasteiger partial charge >= 0.3 is 0 Å². The SMILES string of the molecule is Cc1ccc(C(C)C)c(Oc2ccc(NC(=O)[C@H]3CC(=O)N(c4cc(C)ccc4C)C3)cc2)c1. The Kier molecular flexibility index (Phi) is 6.73. The highest BCUT2D eigenvalue weighted by molar-refractivity contribution is 6.03. The quantitative estimate of drug-likeness (QED) is 0.459. The Balaban J connectivity index is 1.41. The Labute approximate surface area is 201 Å². The standard InChI is InChI=1S/C29H32N2O3/c1-18(2)25-13-7-20(4)15-27(25)34-24-11-9-23(10-12-24)30-29(33)22-16-28(32)31(17-22)26-14-19(3)6-8-21(26)5/h6-15,18,22H,16-17H2,1-5H3,(H,30,33)/t22-/m0/s1. The normalized spacial score (nSPS) is 15.6. The smallest absolute Gasteiger partial charge is 0.229 e. The lowest BCUT2D eigenvalue weighted by Gasteiger charge is -2.19. The van der Waals surface area contributed by atoms with Gasteiger partial charge < -0.3 is 15.0 Å². The summed E-state index contributed by atoms with van der Waals surface area (Å²) in [5.41, 5.74) is 5.99. The zero-order chi connectivity index (χ0) is 24.4. The largest absolute Gasteiger partial charge is 0.457 e. The van der Waals surface area contributed by atoms with Crippen LogP contribution in [-0.2, 0) is 9.59 Å². The number of nitrogens with zero attached hydrogens (tertiary/aromatic N) is 1. The average molecular weight is 457 g/mol. The number of benzene rings is 3. The second-order valence-electron chi connectivity index (χ2n) is 9.51. The minimum absolute atomic E-state index is 0.0169. The van der Waals surface area contributed by atoms with E-state index < -0.39 is 0 Å². The molecule has 3 aromatic rings. The number of carbonyl (C=O) groups excluding carboxylic acids is 2. The second-order valence-corrected chi connectivity index (χ2v) is 9.51. The second kappa shape index (κ2) is 9.72. The molecule has 1 heterocycles. The van der Waals surface area contributed by atoms with E-state index in [0.29, 0.717) is 23.9 Å². The van der Waals surface area contributed by atoms with Crippen molar-refractivity contribution in [2.24, 2.45) is 5.92 Å². The molecule has 0 aliphatic carbocycles. The van der Waals surface area contributed by atoms with Crippen molar-refractivity contribution in [2.45, 2.75) is 47.0 Å². The number of ether oxygens (including phenoxy) is 1. The molecule has 2 amide bonds. The number of nitrogens with one attached hydrogen (secondary N) is 1. The highest BCUT2D eigenvalue weighted by Gasteiger charge is 2.35. The van der Waals surface area contributed by atoms with Crippen LogP contribution in [0.3, 0.4) is 0 Å². The molecule has 1 N–H and O–H groups in total. The Bertz CT molecular complexity index is 1210. The lowest BCUT2D eigenvalue weighted by molar-refractivity contribution is -0.122. The van der Waals surface area contributed by atoms with E-state index in [9.17, 15) is 9.59 Å². The molecule has 3 aromatic carbocycles. The van der Waals surface area contributed by atoms with Crippen LogP contribution in [0.1, 0.15) is 48.4 Å². The highest BCUT2D eigenvalue weighted by Crippen LogP contribution is 2.33. The molecule has 1 aliphatic heterocycles. The maximum Gasteiger partial charge on any atom is 0.229 e. The molecule has 0 aromatic heterocycles. The fourth-order valence-electron chi connectivity index (χ4n) is 4.31. The van der Waals surface area contributed by atoms with Gasteiger partial charge in [0.05, 0.1) is 5.92 Å². The molecule has 0 radical (unpaired) electrons. The molecule has 0 bridgehead atoms. The van der Waals surface area contributed by atoms with E-state index in [1.165, 1.54) is 0 Å². The first-order chi connectivity index (χ1) is 16.2. The van der Waals surface area contributed by atoms with Gasteiger partial charge in [-0.1, -0.05) is 38.1 Å². The molecule has 1 atom stereocenters. The summed E-state index contributed by atoms with van der Waals surface area (Å²) < 4.78 is 6.15. The van der Waals surface area contributed by atoms with E-state index in [0.717, 1.165) is 33.7 Å². The number of aryl methyl sites for hydroxylation is 3. The van der Waals surface area contributed by atoms with Crippen molar-refractivity contribution in [1.29, 1.82) is 0 Å². The number of hydrogen-bond acceptors (Lipinski definition) is 3. The van der Waals surface area contributed by atoms with E-state index in [1.54, 1.807) is 4.90 Å². The molecule has 1 fully saturated rings. The van der Waals surface area contributed by atoms with Crippen LogP contribution in [0.25, 0.3) is 0 Å². The van der Waals surface area contributed by atoms with E-state index in [2.05, 4.69) is 31.3 Å². The summed E-state index contributed by atoms with van der Waals surface area (Å²) in [6.07, 6.45) is 0.214. The summed E-state index contributed by atoms with van der Waals surface area (Å²) >= 11 is 0. The summed E-state index contributed by atoms with van der Waals surface area (Å²) in [5, 5.41) is 2.96. The maximum atomic E-state index is 12.9. The van der Waals surface area contributed by atoms with Crippen LogP contribution in [-0.4, -0.2) is 18.4 Å². The van der Waals surface area contributed by atoms with Gasteiger partial charge in [0.1, 0.15) is 11.5 Å². The van der Waals surface area contributed by atoms with Crippen molar-refractivity contribution in [2.75, 3.05) is 16.8 Å². The average Bonchev–Trinajstić information content (AvgIpc) is 3.18. The van der Waals surface area contributed by atoms with Crippen LogP contribution in [0.4, 0.5) is 11.4 Å². The molecule has 5 nitrogen and oxygen atoms in total. The predicted octanol–water partition coefficient (Wildman–Crippen LogP) is 6.52. The topological polar surface area (TPSA) is 58.6 Å². The fraction of sp³-hybridized carbons (Fsp3) is 0.310. The summed E-state index contributed by atoms with van der Waals surface area (Å²) in [5.74, 6) is 1.37. The van der Waals surface area contributed by atoms with E-state index in [4.69, 9.17) is 4.74 Å². The van der Waals surface area contributed by atoms with Crippen molar-refractivity contribution in [3.05, 3.63) is 82.9 Å². The Morgan fingerprint density at radius 3 is 2.35 bits per heavy atom. The van der Waals surface area contributed by atoms with Crippen molar-refractivity contribution < 1.29 is 14.3 Å². The van der Waals surface area contributed by atoms with Crippen LogP contribution in [0.2, 0.25) is 0 Å². The molecule has 0 saturated carbocycles. The third kappa shape index (κ3) is 5.14. The third-order valence-electron chi connectivity index (χ3n) is 6.29. The molecule has 34 heavy (non-hydrogen) atoms. The van der Waals surface area contributed by atoms with Crippen LogP contribution in [0.5, 0.6) is 11.5 Å². The van der Waals surface area contributed by atoms with Gasteiger partial charge in [-0.05, 0) is 85.3 Å². The number of hydrogen-bond donors (Lipinski definition) is 1. The van der Waals surface area contributed by atoms with Gasteiger partial charge in [0, 0.05) is 24.3 Å². The van der Waals surface area contributed by atoms with Crippen LogP contribution in [0.15, 0.2) is 60.7 Å². The predicted molar refractivity (Wildman–Crippen MR) is 137 cm³/mol. The molecule has 0 unspecified atom stereocenters. The summed E-state index contributed by atoms with van der Waals surface area (Å²) in [7, 11) is 0. The van der Waals surface area contributed by atoms with Gasteiger partial charge in [0.2, 0.25) is 11.8 Å². The zero-order valence-corrected chi connectivity index (χ0v) is 20.5. The van der Waals surface area contributed by atoms with Crippen LogP contribution < -0.4 is 15.0 Å². The van der Waals surface area contributed by atoms with Gasteiger partial charge in [-0.25, -0.2) is 0 Å². The molecule has 0 spiro atoms. The molecule has 176 valence electrons. The lowest BCUT2D eigenvalue weighted by atomic mass is 10.0. The summed E-state index contributed by atoms with van der Waals surface area (Å²) in [4.78, 5) is 27.3. The molecule has 1 saturated heterocycles. The Morgan fingerprint density at radius 1 is 0.971 bits per heavy atom. The fourth-order valence-corrected chi connectivity index (χ4v) is 4.31. The van der Waals surface area contributed by atoms with Crippen LogP contribution in [0, 0.1) is 26.7 Å². The first-order valence-corrected chi connectivity index (χ1v) is 11.8. The zero-order valence-electron chi connectivity index (χ0n) is 20.5. The number of carbonyl (C=O) groups is 2. The minimum atomic E-state index is -0.385. The first kappa shape index (κ1) is 23.6. The van der Waals surface area contributed by atoms with E-state index in [1.807, 2.05) is 69.3 Å². The Morgan fingerprint density at radius 2 is 1.65 bits per heavy atom. The molecule has 1 aliphatic rings. The number of amides is 2. The minimum Gasteiger partial charge on any atom is -0.457 e. The maximum absolute atomic E-state index is 12.9. The first-order valence-electron chi connectivity index (χ1n) is 11.8. The van der Waals surface area contributed by atoms with E-state index in [-0.39, 0.29) is 24.2 Å². The molecule has 5 heteroatoms. The van der Waals surface area contributed by atoms with Gasteiger partial charge in [-0.3, -0.25) is 9.59 Å². The third-order valence-corrected chi connectivity index (χ3v) is 6.29. The van der Waals surface area contributed by atoms with Crippen molar-refractivity contribution in [3.63, 3.8) is 0 Å². The summed E-state index contributed by atoms with van der Waals surface area (Å²) in [6.45, 7) is 10.7.